The molecule has 0 fully saturated rings. The summed E-state index contributed by atoms with van der Waals surface area (Å²) >= 11 is 0. The second-order valence-corrected chi connectivity index (χ2v) is 4.16. The largest absolute Gasteiger partial charge is 0.527 e. The van der Waals surface area contributed by atoms with Crippen LogP contribution >= 0.6 is 0 Å². The molecule has 138 valence electrons. The lowest BCUT2D eigenvalue weighted by molar-refractivity contribution is -0.530. The van der Waals surface area contributed by atoms with Crippen molar-refractivity contribution < 1.29 is 53.7 Å². The van der Waals surface area contributed by atoms with E-state index in [1.165, 1.54) is 6.08 Å². The van der Waals surface area contributed by atoms with E-state index >= 15 is 0 Å². The maximum atomic E-state index is 12.9. The number of rotatable bonds is 11. The molecule has 0 aromatic rings. The Hall–Kier alpha value is -1.01. The van der Waals surface area contributed by atoms with Crippen LogP contribution in [0.5, 0.6) is 0 Å². The van der Waals surface area contributed by atoms with Crippen LogP contribution in [0, 0.1) is 0 Å². The molecule has 0 N–H and O–H groups in total. The molecule has 0 aromatic carbocycles. The minimum Gasteiger partial charge on any atom is -0.372 e. The molecule has 0 aliphatic heterocycles. The van der Waals surface area contributed by atoms with Gasteiger partial charge in [0.05, 0.1) is 0 Å². The Kier molecular flexibility index (Phi) is 7.84. The molecule has 0 aliphatic rings. The summed E-state index contributed by atoms with van der Waals surface area (Å²) < 4.78 is 120. The molecule has 0 bridgehead atoms. The fraction of sp³-hybridized carbons (Fsp3) is 0.818. The van der Waals surface area contributed by atoms with Gasteiger partial charge >= 0.3 is 24.7 Å². The fourth-order valence-corrected chi connectivity index (χ4v) is 1.16. The maximum Gasteiger partial charge on any atom is 0.527 e. The summed E-state index contributed by atoms with van der Waals surface area (Å²) in [6, 6.07) is 0. The third kappa shape index (κ3) is 9.01. The molecule has 0 saturated heterocycles. The highest BCUT2D eigenvalue weighted by atomic mass is 19.4. The van der Waals surface area contributed by atoms with Crippen molar-refractivity contribution in [3.63, 3.8) is 0 Å². The van der Waals surface area contributed by atoms with Crippen LogP contribution in [-0.2, 0) is 14.2 Å². The molecule has 3 nitrogen and oxygen atoms in total. The Morgan fingerprint density at radius 3 is 1.78 bits per heavy atom. The summed E-state index contributed by atoms with van der Waals surface area (Å²) in [7, 11) is 0. The Balaban J connectivity index is 4.52. The fourth-order valence-electron chi connectivity index (χ4n) is 1.16. The van der Waals surface area contributed by atoms with Crippen LogP contribution in [0.25, 0.3) is 0 Å². The molecule has 0 aromatic heterocycles. The van der Waals surface area contributed by atoms with Crippen molar-refractivity contribution in [2.24, 2.45) is 0 Å². The van der Waals surface area contributed by atoms with Crippen LogP contribution in [0.4, 0.5) is 39.5 Å². The van der Waals surface area contributed by atoms with Gasteiger partial charge in [0.1, 0.15) is 6.61 Å². The van der Waals surface area contributed by atoms with Crippen molar-refractivity contribution in [3.05, 3.63) is 12.7 Å². The lowest BCUT2D eigenvalue weighted by Crippen LogP contribution is -2.51. The van der Waals surface area contributed by atoms with E-state index in [4.69, 9.17) is 0 Å². The van der Waals surface area contributed by atoms with Crippen molar-refractivity contribution in [3.8, 4) is 0 Å². The van der Waals surface area contributed by atoms with Crippen molar-refractivity contribution in [1.82, 2.24) is 0 Å². The number of hydrogen-bond donors (Lipinski definition) is 0. The van der Waals surface area contributed by atoms with E-state index in [1.807, 2.05) is 4.74 Å². The van der Waals surface area contributed by atoms with Crippen LogP contribution in [0.2, 0.25) is 0 Å². The lowest BCUT2D eigenvalue weighted by atomic mass is 10.2. The van der Waals surface area contributed by atoms with E-state index in [2.05, 4.69) is 16.1 Å². The predicted molar refractivity (Wildman–Crippen MR) is 57.9 cm³/mol. The van der Waals surface area contributed by atoms with Crippen molar-refractivity contribution in [2.75, 3.05) is 13.2 Å². The molecule has 0 saturated carbocycles. The summed E-state index contributed by atoms with van der Waals surface area (Å²) in [5.74, 6) is 0. The maximum absolute atomic E-state index is 12.9. The Labute approximate surface area is 125 Å². The lowest BCUT2D eigenvalue weighted by Gasteiger charge is -2.29. The summed E-state index contributed by atoms with van der Waals surface area (Å²) in [5, 5.41) is 0. The first kappa shape index (κ1) is 22.0. The van der Waals surface area contributed by atoms with Gasteiger partial charge in [-0.2, -0.15) is 26.3 Å². The van der Waals surface area contributed by atoms with Gasteiger partial charge in [0, 0.05) is 6.61 Å². The van der Waals surface area contributed by atoms with Crippen LogP contribution in [0.15, 0.2) is 12.7 Å². The predicted octanol–water partition coefficient (Wildman–Crippen LogP) is 4.69. The highest BCUT2D eigenvalue weighted by Gasteiger charge is 2.67. The third-order valence-corrected chi connectivity index (χ3v) is 2.08. The van der Waals surface area contributed by atoms with E-state index in [0.717, 1.165) is 0 Å². The average molecular weight is 364 g/mol. The minimum atomic E-state index is -6.35. The van der Waals surface area contributed by atoms with Gasteiger partial charge in [-0.05, 0) is 19.3 Å². The van der Waals surface area contributed by atoms with E-state index in [0.29, 0.717) is 12.8 Å². The Bertz CT molecular complexity index is 368. The van der Waals surface area contributed by atoms with Gasteiger partial charge in [0.2, 0.25) is 0 Å². The minimum absolute atomic E-state index is 0.242. The normalized spacial score (nSPS) is 14.1. The summed E-state index contributed by atoms with van der Waals surface area (Å²) in [6.07, 6.45) is -20.9. The van der Waals surface area contributed by atoms with Crippen LogP contribution in [0.3, 0.4) is 0 Å². The number of hydrogen-bond acceptors (Lipinski definition) is 3. The summed E-state index contributed by atoms with van der Waals surface area (Å²) in [4.78, 5) is 0. The molecule has 0 amide bonds. The zero-order valence-corrected chi connectivity index (χ0v) is 11.4. The van der Waals surface area contributed by atoms with Crippen molar-refractivity contribution in [1.29, 1.82) is 0 Å². The second-order valence-electron chi connectivity index (χ2n) is 4.16. The molecule has 0 spiro atoms. The van der Waals surface area contributed by atoms with Gasteiger partial charge in [-0.3, -0.25) is 0 Å². The molecule has 23 heavy (non-hydrogen) atoms. The third-order valence-electron chi connectivity index (χ3n) is 2.08. The van der Waals surface area contributed by atoms with Crippen LogP contribution in [-0.4, -0.2) is 37.9 Å². The molecular formula is C11H13F9O3. The first-order valence-electron chi connectivity index (χ1n) is 6.01. The molecule has 0 atom stereocenters. The van der Waals surface area contributed by atoms with E-state index < -0.39 is 31.3 Å². The SMILES string of the molecule is C=CCCCCOCC(F)(F)OC(F)(F)C(F)(F)OC(F)(F)F. The zero-order chi connectivity index (χ0) is 18.4. The van der Waals surface area contributed by atoms with Gasteiger partial charge in [-0.25, -0.2) is 9.47 Å². The standard InChI is InChI=1S/C11H13F9O3/c1-2-3-4-5-6-21-7-8(12,13)22-9(14,15)10(16,17)23-11(18,19)20/h2H,1,3-7H2. The van der Waals surface area contributed by atoms with Gasteiger partial charge in [-0.15, -0.1) is 19.8 Å². The Morgan fingerprint density at radius 2 is 1.30 bits per heavy atom. The average Bonchev–Trinajstić information content (AvgIpc) is 2.29. The first-order valence-corrected chi connectivity index (χ1v) is 6.01. The quantitative estimate of drug-likeness (QED) is 0.302. The molecule has 0 heterocycles. The van der Waals surface area contributed by atoms with Gasteiger partial charge in [0.25, 0.3) is 0 Å². The molecule has 12 heteroatoms. The number of halogens is 9. The van der Waals surface area contributed by atoms with Gasteiger partial charge < -0.3 is 4.74 Å². The number of allylic oxidation sites excluding steroid dienone is 1. The van der Waals surface area contributed by atoms with Crippen molar-refractivity contribution >= 4 is 0 Å². The number of alkyl halides is 9. The number of ether oxygens (including phenoxy) is 3. The second kappa shape index (κ2) is 8.20. The first-order chi connectivity index (χ1) is 10.2. The highest BCUT2D eigenvalue weighted by molar-refractivity contribution is 4.70. The summed E-state index contributed by atoms with van der Waals surface area (Å²) in [5.41, 5.74) is 0. The zero-order valence-electron chi connectivity index (χ0n) is 11.4. The summed E-state index contributed by atoms with van der Waals surface area (Å²) in [6.45, 7) is 1.21. The molecule has 0 radical (unpaired) electrons. The molecule has 0 rings (SSSR count). The van der Waals surface area contributed by atoms with Crippen molar-refractivity contribution in [2.45, 2.75) is 44.0 Å². The number of unbranched alkanes of at least 4 members (excludes halogenated alkanes) is 2. The molecular weight excluding hydrogens is 351 g/mol. The van der Waals surface area contributed by atoms with E-state index in [1.54, 1.807) is 0 Å². The molecule has 0 unspecified atom stereocenters. The van der Waals surface area contributed by atoms with Gasteiger partial charge in [0.15, 0.2) is 0 Å². The van der Waals surface area contributed by atoms with Crippen LogP contribution < -0.4 is 0 Å². The Morgan fingerprint density at radius 1 is 0.783 bits per heavy atom. The topological polar surface area (TPSA) is 27.7 Å². The van der Waals surface area contributed by atoms with Crippen LogP contribution in [0.1, 0.15) is 19.3 Å². The smallest absolute Gasteiger partial charge is 0.372 e. The van der Waals surface area contributed by atoms with Gasteiger partial charge in [-0.1, -0.05) is 6.08 Å². The van der Waals surface area contributed by atoms with E-state index in [-0.39, 0.29) is 13.0 Å². The van der Waals surface area contributed by atoms with E-state index in [9.17, 15) is 39.5 Å². The monoisotopic (exact) mass is 364 g/mol. The highest BCUT2D eigenvalue weighted by Crippen LogP contribution is 2.43. The molecule has 0 aliphatic carbocycles.